The molecule has 1 saturated carbocycles. The lowest BCUT2D eigenvalue weighted by atomic mass is 10.1. The lowest BCUT2D eigenvalue weighted by Crippen LogP contribution is -2.00. The van der Waals surface area contributed by atoms with E-state index >= 15 is 0 Å². The second-order valence-corrected chi connectivity index (χ2v) is 4.31. The summed E-state index contributed by atoms with van der Waals surface area (Å²) in [5.74, 6) is 1.42. The Bertz CT molecular complexity index is 564. The van der Waals surface area contributed by atoms with Crippen LogP contribution in [-0.2, 0) is 0 Å². The molecule has 3 nitrogen and oxygen atoms in total. The van der Waals surface area contributed by atoms with Crippen molar-refractivity contribution in [3.8, 4) is 11.1 Å². The first-order valence-corrected chi connectivity index (χ1v) is 5.62. The Morgan fingerprint density at radius 3 is 2.76 bits per heavy atom. The Kier molecular flexibility index (Phi) is 2.28. The van der Waals surface area contributed by atoms with Crippen LogP contribution in [0.15, 0.2) is 30.5 Å². The van der Waals surface area contributed by atoms with Crippen LogP contribution in [0.4, 0.5) is 10.2 Å². The van der Waals surface area contributed by atoms with Crippen LogP contribution in [0.25, 0.3) is 11.1 Å². The molecule has 0 aliphatic heterocycles. The van der Waals surface area contributed by atoms with Gasteiger partial charge in [-0.05, 0) is 30.5 Å². The van der Waals surface area contributed by atoms with E-state index < -0.39 is 0 Å². The zero-order chi connectivity index (χ0) is 11.8. The smallest absolute Gasteiger partial charge is 0.135 e. The minimum absolute atomic E-state index is 0.284. The van der Waals surface area contributed by atoms with E-state index in [1.54, 1.807) is 18.3 Å². The first-order chi connectivity index (χ1) is 8.24. The van der Waals surface area contributed by atoms with E-state index in [0.717, 1.165) is 18.7 Å². The van der Waals surface area contributed by atoms with E-state index in [-0.39, 0.29) is 5.82 Å². The zero-order valence-corrected chi connectivity index (χ0v) is 9.23. The summed E-state index contributed by atoms with van der Waals surface area (Å²) >= 11 is 0. The van der Waals surface area contributed by atoms with Gasteiger partial charge in [-0.3, -0.25) is 0 Å². The number of hydrogen-bond donors (Lipinski definition) is 1. The molecule has 0 spiro atoms. The molecule has 4 heteroatoms. The molecule has 1 fully saturated rings. The molecule has 3 rings (SSSR count). The van der Waals surface area contributed by atoms with Crippen LogP contribution in [0.2, 0.25) is 0 Å². The molecule has 86 valence electrons. The van der Waals surface area contributed by atoms with E-state index in [4.69, 9.17) is 5.73 Å². The molecule has 1 heterocycles. The van der Waals surface area contributed by atoms with Crippen molar-refractivity contribution in [2.75, 3.05) is 5.73 Å². The van der Waals surface area contributed by atoms with Crippen molar-refractivity contribution in [2.24, 2.45) is 0 Å². The second-order valence-electron chi connectivity index (χ2n) is 4.31. The van der Waals surface area contributed by atoms with Gasteiger partial charge in [-0.1, -0.05) is 12.1 Å². The van der Waals surface area contributed by atoms with Crippen LogP contribution in [-0.4, -0.2) is 9.97 Å². The molecule has 2 N–H and O–H groups in total. The number of benzene rings is 1. The summed E-state index contributed by atoms with van der Waals surface area (Å²) in [7, 11) is 0. The maximum absolute atomic E-state index is 13.1. The molecular formula is C13H12FN3. The van der Waals surface area contributed by atoms with Gasteiger partial charge in [0.25, 0.3) is 0 Å². The van der Waals surface area contributed by atoms with Gasteiger partial charge >= 0.3 is 0 Å². The largest absolute Gasteiger partial charge is 0.383 e. The number of rotatable bonds is 2. The highest BCUT2D eigenvalue weighted by atomic mass is 19.1. The van der Waals surface area contributed by atoms with Gasteiger partial charge < -0.3 is 5.73 Å². The lowest BCUT2D eigenvalue weighted by Gasteiger charge is -2.06. The fourth-order valence-electron chi connectivity index (χ4n) is 1.83. The van der Waals surface area contributed by atoms with Crippen LogP contribution >= 0.6 is 0 Å². The molecule has 0 bridgehead atoms. The van der Waals surface area contributed by atoms with E-state index in [1.807, 2.05) is 0 Å². The van der Waals surface area contributed by atoms with Crippen LogP contribution in [0, 0.1) is 5.82 Å². The molecule has 0 amide bonds. The Morgan fingerprint density at radius 1 is 1.29 bits per heavy atom. The van der Waals surface area contributed by atoms with Crippen molar-refractivity contribution >= 4 is 5.82 Å². The zero-order valence-electron chi connectivity index (χ0n) is 9.23. The van der Waals surface area contributed by atoms with E-state index in [0.29, 0.717) is 22.9 Å². The molecule has 0 saturated heterocycles. The van der Waals surface area contributed by atoms with Crippen molar-refractivity contribution in [1.29, 1.82) is 0 Å². The quantitative estimate of drug-likeness (QED) is 0.861. The van der Waals surface area contributed by atoms with E-state index in [1.165, 1.54) is 12.1 Å². The van der Waals surface area contributed by atoms with Gasteiger partial charge in [-0.25, -0.2) is 14.4 Å². The van der Waals surface area contributed by atoms with Gasteiger partial charge in [-0.15, -0.1) is 0 Å². The third-order valence-corrected chi connectivity index (χ3v) is 2.91. The molecular weight excluding hydrogens is 217 g/mol. The first-order valence-electron chi connectivity index (χ1n) is 5.62. The predicted molar refractivity (Wildman–Crippen MR) is 63.8 cm³/mol. The molecule has 0 radical (unpaired) electrons. The van der Waals surface area contributed by atoms with Gasteiger partial charge in [0.1, 0.15) is 17.5 Å². The number of hydrogen-bond acceptors (Lipinski definition) is 3. The normalized spacial score (nSPS) is 14.9. The molecule has 2 aromatic rings. The van der Waals surface area contributed by atoms with Crippen molar-refractivity contribution < 1.29 is 4.39 Å². The first kappa shape index (κ1) is 10.2. The highest BCUT2D eigenvalue weighted by Crippen LogP contribution is 2.38. The Labute approximate surface area is 98.5 Å². The van der Waals surface area contributed by atoms with Crippen molar-refractivity contribution in [3.05, 3.63) is 42.1 Å². The number of aromatic nitrogens is 2. The summed E-state index contributed by atoms with van der Waals surface area (Å²) in [4.78, 5) is 8.58. The number of nitrogens with two attached hydrogens (primary N) is 1. The van der Waals surface area contributed by atoms with Gasteiger partial charge in [0.05, 0.1) is 0 Å². The standard InChI is InChI=1S/C13H12FN3/c14-10-3-1-2-9(6-10)11-7-16-13(8-4-5-8)17-12(11)15/h1-3,6-8H,4-5H2,(H2,15,16,17). The van der Waals surface area contributed by atoms with Crippen LogP contribution in [0.3, 0.4) is 0 Å². The number of anilines is 1. The van der Waals surface area contributed by atoms with Crippen molar-refractivity contribution in [2.45, 2.75) is 18.8 Å². The topological polar surface area (TPSA) is 51.8 Å². The molecule has 17 heavy (non-hydrogen) atoms. The Balaban J connectivity index is 2.02. The maximum Gasteiger partial charge on any atom is 0.135 e. The maximum atomic E-state index is 13.1. The second kappa shape index (κ2) is 3.80. The third-order valence-electron chi connectivity index (χ3n) is 2.91. The summed E-state index contributed by atoms with van der Waals surface area (Å²) in [6, 6.07) is 6.29. The highest BCUT2D eigenvalue weighted by molar-refractivity contribution is 5.72. The highest BCUT2D eigenvalue weighted by Gasteiger charge is 2.27. The summed E-state index contributed by atoms with van der Waals surface area (Å²) < 4.78 is 13.1. The van der Waals surface area contributed by atoms with Crippen LogP contribution < -0.4 is 5.73 Å². The molecule has 1 aromatic carbocycles. The van der Waals surface area contributed by atoms with Gasteiger partial charge in [0.15, 0.2) is 0 Å². The molecule has 1 aliphatic carbocycles. The lowest BCUT2D eigenvalue weighted by molar-refractivity contribution is 0.628. The van der Waals surface area contributed by atoms with Crippen molar-refractivity contribution in [3.63, 3.8) is 0 Å². The molecule has 0 unspecified atom stereocenters. The van der Waals surface area contributed by atoms with Gasteiger partial charge in [0.2, 0.25) is 0 Å². The Hall–Kier alpha value is -1.97. The average Bonchev–Trinajstić information content (AvgIpc) is 3.12. The SMILES string of the molecule is Nc1nc(C2CC2)ncc1-c1cccc(F)c1. The Morgan fingerprint density at radius 2 is 2.12 bits per heavy atom. The van der Waals surface area contributed by atoms with Crippen LogP contribution in [0.5, 0.6) is 0 Å². The number of nitrogen functional groups attached to an aromatic ring is 1. The third kappa shape index (κ3) is 1.98. The van der Waals surface area contributed by atoms with E-state index in [9.17, 15) is 4.39 Å². The minimum atomic E-state index is -0.284. The van der Waals surface area contributed by atoms with Gasteiger partial charge in [-0.2, -0.15) is 0 Å². The fraction of sp³-hybridized carbons (Fsp3) is 0.231. The summed E-state index contributed by atoms with van der Waals surface area (Å²) in [5, 5.41) is 0. The monoisotopic (exact) mass is 229 g/mol. The molecule has 1 aliphatic rings. The van der Waals surface area contributed by atoms with Gasteiger partial charge in [0, 0.05) is 17.7 Å². The summed E-state index contributed by atoms with van der Waals surface area (Å²) in [6.45, 7) is 0. The summed E-state index contributed by atoms with van der Waals surface area (Å²) in [5.41, 5.74) is 7.30. The minimum Gasteiger partial charge on any atom is -0.383 e. The summed E-state index contributed by atoms with van der Waals surface area (Å²) in [6.07, 6.45) is 3.96. The predicted octanol–water partition coefficient (Wildman–Crippen LogP) is 2.74. The average molecular weight is 229 g/mol. The fourth-order valence-corrected chi connectivity index (χ4v) is 1.83. The molecule has 0 atom stereocenters. The number of halogens is 1. The van der Waals surface area contributed by atoms with E-state index in [2.05, 4.69) is 9.97 Å². The van der Waals surface area contributed by atoms with Crippen LogP contribution in [0.1, 0.15) is 24.6 Å². The van der Waals surface area contributed by atoms with Crippen molar-refractivity contribution in [1.82, 2.24) is 9.97 Å². The number of nitrogens with zero attached hydrogens (tertiary/aromatic N) is 2. The molecule has 1 aromatic heterocycles.